The number of benzene rings is 2. The first-order valence-corrected chi connectivity index (χ1v) is 9.34. The van der Waals surface area contributed by atoms with Crippen molar-refractivity contribution in [3.8, 4) is 0 Å². The van der Waals surface area contributed by atoms with Gasteiger partial charge in [0.15, 0.2) is 5.96 Å². The standard InChI is InChI=1S/C21H27F2N3O2/c1-2-24-21(25-11-10-17-12-18(22)8-9-20(17)23)26-13-19(27)15-28-14-16-6-4-3-5-7-16/h3-9,12,19,27H,2,10-11,13-15H2,1H3,(H2,24,25,26). The van der Waals surface area contributed by atoms with Crippen LogP contribution in [0.25, 0.3) is 0 Å². The zero-order chi connectivity index (χ0) is 20.2. The van der Waals surface area contributed by atoms with Gasteiger partial charge in [-0.25, -0.2) is 8.78 Å². The SMILES string of the molecule is CCNC(=NCC(O)COCc1ccccc1)NCCc1cc(F)ccc1F. The summed E-state index contributed by atoms with van der Waals surface area (Å²) >= 11 is 0. The minimum atomic E-state index is -0.736. The van der Waals surface area contributed by atoms with E-state index in [-0.39, 0.29) is 13.2 Å². The van der Waals surface area contributed by atoms with Gasteiger partial charge in [-0.15, -0.1) is 0 Å². The average molecular weight is 391 g/mol. The normalized spacial score (nSPS) is 12.6. The summed E-state index contributed by atoms with van der Waals surface area (Å²) in [6, 6.07) is 13.1. The molecular formula is C21H27F2N3O2. The zero-order valence-electron chi connectivity index (χ0n) is 16.0. The van der Waals surface area contributed by atoms with Gasteiger partial charge in [0, 0.05) is 13.1 Å². The average Bonchev–Trinajstić information content (AvgIpc) is 2.69. The minimum Gasteiger partial charge on any atom is -0.389 e. The monoisotopic (exact) mass is 391 g/mol. The van der Waals surface area contributed by atoms with Crippen molar-refractivity contribution in [3.05, 3.63) is 71.3 Å². The molecule has 2 aromatic rings. The number of nitrogens with one attached hydrogen (secondary N) is 2. The van der Waals surface area contributed by atoms with Crippen LogP contribution in [0.15, 0.2) is 53.5 Å². The van der Waals surface area contributed by atoms with Crippen molar-refractivity contribution >= 4 is 5.96 Å². The van der Waals surface area contributed by atoms with Crippen LogP contribution in [0.5, 0.6) is 0 Å². The molecule has 1 atom stereocenters. The Morgan fingerprint density at radius 3 is 2.68 bits per heavy atom. The smallest absolute Gasteiger partial charge is 0.191 e. The van der Waals surface area contributed by atoms with Crippen molar-refractivity contribution in [3.63, 3.8) is 0 Å². The van der Waals surface area contributed by atoms with E-state index in [1.807, 2.05) is 37.3 Å². The number of aliphatic imine (C=N–C) groups is 1. The number of hydrogen-bond acceptors (Lipinski definition) is 3. The fourth-order valence-corrected chi connectivity index (χ4v) is 2.53. The second-order valence-electron chi connectivity index (χ2n) is 6.29. The Bertz CT molecular complexity index is 742. The van der Waals surface area contributed by atoms with Crippen LogP contribution in [-0.4, -0.2) is 43.4 Å². The van der Waals surface area contributed by atoms with Crippen LogP contribution in [0, 0.1) is 11.6 Å². The predicted molar refractivity (Wildman–Crippen MR) is 106 cm³/mol. The second-order valence-corrected chi connectivity index (χ2v) is 6.29. The van der Waals surface area contributed by atoms with Crippen molar-refractivity contribution in [1.29, 1.82) is 0 Å². The van der Waals surface area contributed by atoms with E-state index in [9.17, 15) is 13.9 Å². The van der Waals surface area contributed by atoms with E-state index in [4.69, 9.17) is 4.74 Å². The third-order valence-corrected chi connectivity index (χ3v) is 3.92. The molecule has 0 aliphatic heterocycles. The highest BCUT2D eigenvalue weighted by Gasteiger charge is 2.07. The maximum absolute atomic E-state index is 13.6. The molecule has 0 amide bonds. The highest BCUT2D eigenvalue weighted by Crippen LogP contribution is 2.09. The molecule has 0 heterocycles. The lowest BCUT2D eigenvalue weighted by molar-refractivity contribution is 0.0331. The van der Waals surface area contributed by atoms with Crippen LogP contribution in [0.3, 0.4) is 0 Å². The molecule has 28 heavy (non-hydrogen) atoms. The van der Waals surface area contributed by atoms with Gasteiger partial charge in [-0.1, -0.05) is 30.3 Å². The van der Waals surface area contributed by atoms with Crippen molar-refractivity contribution in [2.45, 2.75) is 26.1 Å². The fraction of sp³-hybridized carbons (Fsp3) is 0.381. The van der Waals surface area contributed by atoms with Gasteiger partial charge in [-0.3, -0.25) is 4.99 Å². The van der Waals surface area contributed by atoms with E-state index in [0.29, 0.717) is 37.6 Å². The Balaban J connectivity index is 1.74. The van der Waals surface area contributed by atoms with Crippen LogP contribution in [0.4, 0.5) is 8.78 Å². The predicted octanol–water partition coefficient (Wildman–Crippen LogP) is 2.64. The third kappa shape index (κ3) is 8.02. The molecule has 0 saturated carbocycles. The highest BCUT2D eigenvalue weighted by molar-refractivity contribution is 5.79. The first kappa shape index (κ1) is 21.8. The molecule has 5 nitrogen and oxygen atoms in total. The lowest BCUT2D eigenvalue weighted by Crippen LogP contribution is -2.39. The molecule has 0 aliphatic carbocycles. The summed E-state index contributed by atoms with van der Waals surface area (Å²) in [6.45, 7) is 3.71. The first-order chi connectivity index (χ1) is 13.6. The third-order valence-electron chi connectivity index (χ3n) is 3.92. The lowest BCUT2D eigenvalue weighted by Gasteiger charge is -2.13. The summed E-state index contributed by atoms with van der Waals surface area (Å²) in [7, 11) is 0. The molecule has 0 fully saturated rings. The molecule has 7 heteroatoms. The Morgan fingerprint density at radius 2 is 1.93 bits per heavy atom. The number of nitrogens with zero attached hydrogens (tertiary/aromatic N) is 1. The van der Waals surface area contributed by atoms with Crippen LogP contribution < -0.4 is 10.6 Å². The maximum Gasteiger partial charge on any atom is 0.191 e. The van der Waals surface area contributed by atoms with Gasteiger partial charge in [0.1, 0.15) is 11.6 Å². The van der Waals surface area contributed by atoms with Gasteiger partial charge in [-0.05, 0) is 42.7 Å². The molecule has 0 saturated heterocycles. The molecule has 0 aliphatic rings. The van der Waals surface area contributed by atoms with E-state index >= 15 is 0 Å². The summed E-state index contributed by atoms with van der Waals surface area (Å²) in [5.74, 6) is -0.395. The zero-order valence-corrected chi connectivity index (χ0v) is 16.0. The summed E-state index contributed by atoms with van der Waals surface area (Å²) in [5.41, 5.74) is 1.34. The maximum atomic E-state index is 13.6. The molecule has 3 N–H and O–H groups in total. The van der Waals surface area contributed by atoms with Crippen molar-refractivity contribution in [1.82, 2.24) is 10.6 Å². The number of rotatable bonds is 10. The van der Waals surface area contributed by atoms with Gasteiger partial charge < -0.3 is 20.5 Å². The summed E-state index contributed by atoms with van der Waals surface area (Å²) < 4.78 is 32.4. The Kier molecular flexibility index (Phi) is 9.37. The summed E-state index contributed by atoms with van der Waals surface area (Å²) in [5, 5.41) is 16.1. The number of aliphatic hydroxyl groups is 1. The van der Waals surface area contributed by atoms with Gasteiger partial charge in [0.05, 0.1) is 25.9 Å². The number of guanidine groups is 1. The molecule has 2 aromatic carbocycles. The van der Waals surface area contributed by atoms with Crippen LogP contribution in [0.2, 0.25) is 0 Å². The largest absolute Gasteiger partial charge is 0.389 e. The Morgan fingerprint density at radius 1 is 1.14 bits per heavy atom. The Labute approximate surface area is 164 Å². The molecule has 152 valence electrons. The van der Waals surface area contributed by atoms with Gasteiger partial charge in [0.25, 0.3) is 0 Å². The van der Waals surface area contributed by atoms with Gasteiger partial charge in [0.2, 0.25) is 0 Å². The van der Waals surface area contributed by atoms with Gasteiger partial charge in [-0.2, -0.15) is 0 Å². The topological polar surface area (TPSA) is 65.9 Å². The molecule has 0 spiro atoms. The molecule has 0 radical (unpaired) electrons. The Hall–Kier alpha value is -2.51. The van der Waals surface area contributed by atoms with E-state index in [2.05, 4.69) is 15.6 Å². The summed E-state index contributed by atoms with van der Waals surface area (Å²) in [6.07, 6.45) is -0.420. The highest BCUT2D eigenvalue weighted by atomic mass is 19.1. The lowest BCUT2D eigenvalue weighted by atomic mass is 10.1. The van der Waals surface area contributed by atoms with Crippen molar-refractivity contribution in [2.24, 2.45) is 4.99 Å². The number of hydrogen-bond donors (Lipinski definition) is 3. The molecule has 2 rings (SSSR count). The number of ether oxygens (including phenoxy) is 1. The minimum absolute atomic E-state index is 0.165. The van der Waals surface area contributed by atoms with Crippen LogP contribution in [0.1, 0.15) is 18.1 Å². The summed E-state index contributed by atoms with van der Waals surface area (Å²) in [4.78, 5) is 4.31. The number of halogens is 2. The molecular weight excluding hydrogens is 364 g/mol. The number of aliphatic hydroxyl groups excluding tert-OH is 1. The van der Waals surface area contributed by atoms with E-state index in [1.54, 1.807) is 0 Å². The molecule has 1 unspecified atom stereocenters. The van der Waals surface area contributed by atoms with E-state index in [0.717, 1.165) is 17.7 Å². The second kappa shape index (κ2) is 12.0. The first-order valence-electron chi connectivity index (χ1n) is 9.34. The van der Waals surface area contributed by atoms with Gasteiger partial charge >= 0.3 is 0 Å². The van der Waals surface area contributed by atoms with Crippen LogP contribution in [-0.2, 0) is 17.8 Å². The quantitative estimate of drug-likeness (QED) is 0.430. The van der Waals surface area contributed by atoms with E-state index in [1.165, 1.54) is 6.07 Å². The van der Waals surface area contributed by atoms with Crippen molar-refractivity contribution < 1.29 is 18.6 Å². The van der Waals surface area contributed by atoms with E-state index < -0.39 is 17.7 Å². The fourth-order valence-electron chi connectivity index (χ4n) is 2.53. The molecule has 0 bridgehead atoms. The molecule has 0 aromatic heterocycles. The van der Waals surface area contributed by atoms with Crippen LogP contribution >= 0.6 is 0 Å². The van der Waals surface area contributed by atoms with Crippen molar-refractivity contribution in [2.75, 3.05) is 26.2 Å².